The van der Waals surface area contributed by atoms with Gasteiger partial charge in [-0.1, -0.05) is 12.1 Å². The summed E-state index contributed by atoms with van der Waals surface area (Å²) >= 11 is 1.64. The molecule has 1 saturated heterocycles. The average Bonchev–Trinajstić information content (AvgIpc) is 3.24. The number of piperidine rings is 1. The van der Waals surface area contributed by atoms with Gasteiger partial charge in [-0.3, -0.25) is 4.90 Å². The van der Waals surface area contributed by atoms with E-state index in [1.54, 1.807) is 17.7 Å². The van der Waals surface area contributed by atoms with Crippen LogP contribution in [-0.4, -0.2) is 44.1 Å². The Labute approximate surface area is 144 Å². The highest BCUT2D eigenvalue weighted by Crippen LogP contribution is 2.25. The van der Waals surface area contributed by atoms with Crippen LogP contribution in [0.4, 0.5) is 5.82 Å². The van der Waals surface area contributed by atoms with Gasteiger partial charge in [0.05, 0.1) is 11.9 Å². The molecule has 3 aromatic heterocycles. The van der Waals surface area contributed by atoms with Gasteiger partial charge >= 0.3 is 0 Å². The number of thiophene rings is 1. The summed E-state index contributed by atoms with van der Waals surface area (Å²) in [6, 6.07) is 2.45. The van der Waals surface area contributed by atoms with E-state index in [0.717, 1.165) is 60.8 Å². The molecule has 24 heavy (non-hydrogen) atoms. The molecule has 0 bridgehead atoms. The maximum Gasteiger partial charge on any atom is 0.226 e. The minimum absolute atomic E-state index is 0.370. The second-order valence-electron chi connectivity index (χ2n) is 6.04. The van der Waals surface area contributed by atoms with Gasteiger partial charge in [0.15, 0.2) is 5.82 Å². The summed E-state index contributed by atoms with van der Waals surface area (Å²) < 4.78 is 5.20. The van der Waals surface area contributed by atoms with Crippen LogP contribution in [0.25, 0.3) is 10.2 Å². The van der Waals surface area contributed by atoms with Crippen LogP contribution in [0.1, 0.15) is 31.5 Å². The van der Waals surface area contributed by atoms with Crippen molar-refractivity contribution in [3.8, 4) is 0 Å². The van der Waals surface area contributed by atoms with Crippen LogP contribution in [0.2, 0.25) is 0 Å². The highest BCUT2D eigenvalue weighted by Gasteiger charge is 2.22. The SMILES string of the molecule is CCc1nc(CN2CCCC(Nc3ncnc4sccc34)C2)no1. The van der Waals surface area contributed by atoms with Crippen molar-refractivity contribution in [2.24, 2.45) is 0 Å². The van der Waals surface area contributed by atoms with Crippen molar-refractivity contribution < 1.29 is 4.52 Å². The number of aryl methyl sites for hydroxylation is 1. The lowest BCUT2D eigenvalue weighted by atomic mass is 10.1. The molecule has 1 N–H and O–H groups in total. The third-order valence-corrected chi connectivity index (χ3v) is 5.11. The highest BCUT2D eigenvalue weighted by atomic mass is 32.1. The number of aromatic nitrogens is 4. The van der Waals surface area contributed by atoms with Crippen LogP contribution in [0, 0.1) is 0 Å². The number of rotatable bonds is 5. The van der Waals surface area contributed by atoms with Crippen molar-refractivity contribution in [2.75, 3.05) is 18.4 Å². The molecule has 1 atom stereocenters. The van der Waals surface area contributed by atoms with E-state index < -0.39 is 0 Å². The molecule has 1 aliphatic rings. The molecule has 4 heterocycles. The number of hydrogen-bond acceptors (Lipinski definition) is 8. The minimum Gasteiger partial charge on any atom is -0.365 e. The normalized spacial score (nSPS) is 19.0. The topological polar surface area (TPSA) is 80.0 Å². The Hall–Kier alpha value is -2.06. The van der Waals surface area contributed by atoms with Crippen LogP contribution < -0.4 is 5.32 Å². The first kappa shape index (κ1) is 15.5. The first-order valence-corrected chi connectivity index (χ1v) is 9.18. The number of nitrogens with zero attached hydrogens (tertiary/aromatic N) is 5. The van der Waals surface area contributed by atoms with Gasteiger partial charge in [0.25, 0.3) is 0 Å². The predicted octanol–water partition coefficient (Wildman–Crippen LogP) is 2.71. The second kappa shape index (κ2) is 6.82. The standard InChI is InChI=1S/C16H20N6OS/c1-2-14-20-13(21-23-14)9-22-6-3-4-11(8-22)19-15-12-5-7-24-16(12)18-10-17-15/h5,7,10-11H,2-4,6,8-9H2,1H3,(H,17,18,19). The molecular formula is C16H20N6OS. The zero-order valence-corrected chi connectivity index (χ0v) is 14.4. The molecule has 1 fully saturated rings. The van der Waals surface area contributed by atoms with Crippen molar-refractivity contribution in [1.82, 2.24) is 25.0 Å². The van der Waals surface area contributed by atoms with E-state index in [-0.39, 0.29) is 0 Å². The lowest BCUT2D eigenvalue weighted by Crippen LogP contribution is -2.42. The largest absolute Gasteiger partial charge is 0.365 e. The summed E-state index contributed by atoms with van der Waals surface area (Å²) in [6.45, 7) is 4.77. The Bertz CT molecular complexity index is 816. The summed E-state index contributed by atoms with van der Waals surface area (Å²) in [7, 11) is 0. The van der Waals surface area contributed by atoms with Gasteiger partial charge in [0.2, 0.25) is 5.89 Å². The Morgan fingerprint density at radius 2 is 2.38 bits per heavy atom. The Kier molecular flexibility index (Phi) is 4.40. The van der Waals surface area contributed by atoms with E-state index >= 15 is 0 Å². The van der Waals surface area contributed by atoms with Crippen molar-refractivity contribution in [2.45, 2.75) is 38.8 Å². The minimum atomic E-state index is 0.370. The summed E-state index contributed by atoms with van der Waals surface area (Å²) in [6.07, 6.45) is 4.70. The van der Waals surface area contributed by atoms with Crippen LogP contribution in [0.5, 0.6) is 0 Å². The quantitative estimate of drug-likeness (QED) is 0.762. The molecule has 1 aliphatic heterocycles. The molecule has 0 amide bonds. The van der Waals surface area contributed by atoms with Gasteiger partial charge < -0.3 is 9.84 Å². The molecule has 4 rings (SSSR count). The van der Waals surface area contributed by atoms with Crippen LogP contribution in [-0.2, 0) is 13.0 Å². The maximum atomic E-state index is 5.20. The molecular weight excluding hydrogens is 324 g/mol. The van der Waals surface area contributed by atoms with E-state index in [4.69, 9.17) is 4.52 Å². The van der Waals surface area contributed by atoms with Crippen molar-refractivity contribution in [3.63, 3.8) is 0 Å². The van der Waals surface area contributed by atoms with Gasteiger partial charge in [-0.15, -0.1) is 11.3 Å². The molecule has 3 aromatic rings. The third-order valence-electron chi connectivity index (χ3n) is 4.29. The molecule has 0 aromatic carbocycles. The average molecular weight is 344 g/mol. The highest BCUT2D eigenvalue weighted by molar-refractivity contribution is 7.16. The van der Waals surface area contributed by atoms with Crippen molar-refractivity contribution in [3.05, 3.63) is 29.5 Å². The molecule has 0 radical (unpaired) electrons. The predicted molar refractivity (Wildman–Crippen MR) is 93.0 cm³/mol. The van der Waals surface area contributed by atoms with Gasteiger partial charge in [0, 0.05) is 19.0 Å². The smallest absolute Gasteiger partial charge is 0.226 e. The molecule has 126 valence electrons. The van der Waals surface area contributed by atoms with Crippen LogP contribution in [0.3, 0.4) is 0 Å². The molecule has 1 unspecified atom stereocenters. The van der Waals surface area contributed by atoms with Crippen LogP contribution in [0.15, 0.2) is 22.3 Å². The fourth-order valence-electron chi connectivity index (χ4n) is 3.11. The first-order valence-electron chi connectivity index (χ1n) is 8.30. The van der Waals surface area contributed by atoms with Crippen LogP contribution >= 0.6 is 11.3 Å². The Morgan fingerprint density at radius 1 is 1.42 bits per heavy atom. The Morgan fingerprint density at radius 3 is 3.25 bits per heavy atom. The fraction of sp³-hybridized carbons (Fsp3) is 0.500. The van der Waals surface area contributed by atoms with Gasteiger partial charge in [-0.25, -0.2) is 9.97 Å². The molecule has 0 aliphatic carbocycles. The molecule has 7 nitrogen and oxygen atoms in total. The number of nitrogens with one attached hydrogen (secondary N) is 1. The zero-order chi connectivity index (χ0) is 16.4. The number of fused-ring (bicyclic) bond motifs is 1. The molecule has 0 saturated carbocycles. The first-order chi connectivity index (χ1) is 11.8. The summed E-state index contributed by atoms with van der Waals surface area (Å²) in [5.74, 6) is 2.41. The van der Waals surface area contributed by atoms with E-state index in [9.17, 15) is 0 Å². The number of anilines is 1. The van der Waals surface area contributed by atoms with Gasteiger partial charge in [-0.05, 0) is 30.8 Å². The third kappa shape index (κ3) is 3.25. The summed E-state index contributed by atoms with van der Waals surface area (Å²) in [4.78, 5) is 16.5. The number of likely N-dealkylation sites (tertiary alicyclic amines) is 1. The maximum absolute atomic E-state index is 5.20. The summed E-state index contributed by atoms with van der Waals surface area (Å²) in [5.41, 5.74) is 0. The van der Waals surface area contributed by atoms with Crippen molar-refractivity contribution >= 4 is 27.4 Å². The van der Waals surface area contributed by atoms with Gasteiger partial charge in [0.1, 0.15) is 17.0 Å². The molecule has 8 heteroatoms. The van der Waals surface area contributed by atoms with Gasteiger partial charge in [-0.2, -0.15) is 4.98 Å². The summed E-state index contributed by atoms with van der Waals surface area (Å²) in [5, 5.41) is 10.8. The molecule has 0 spiro atoms. The second-order valence-corrected chi connectivity index (χ2v) is 6.93. The van der Waals surface area contributed by atoms with E-state index in [2.05, 4.69) is 41.8 Å². The van der Waals surface area contributed by atoms with E-state index in [1.165, 1.54) is 0 Å². The van der Waals surface area contributed by atoms with E-state index in [0.29, 0.717) is 11.9 Å². The number of hydrogen-bond donors (Lipinski definition) is 1. The zero-order valence-electron chi connectivity index (χ0n) is 13.6. The monoisotopic (exact) mass is 344 g/mol. The van der Waals surface area contributed by atoms with E-state index in [1.807, 2.05) is 6.92 Å². The Balaban J connectivity index is 1.42. The lowest BCUT2D eigenvalue weighted by molar-refractivity contribution is 0.201. The fourth-order valence-corrected chi connectivity index (χ4v) is 3.85. The van der Waals surface area contributed by atoms with Crippen molar-refractivity contribution in [1.29, 1.82) is 0 Å². The lowest BCUT2D eigenvalue weighted by Gasteiger charge is -2.32.